The number of aliphatic hydroxyl groups excluding tert-OH is 1. The second-order valence-electron chi connectivity index (χ2n) is 3.11. The summed E-state index contributed by atoms with van der Waals surface area (Å²) in [6.45, 7) is 6.15. The average molecular weight is 174 g/mol. The maximum absolute atomic E-state index is 11.2. The van der Waals surface area contributed by atoms with Gasteiger partial charge in [-0.25, -0.2) is 0 Å². The Morgan fingerprint density at radius 1 is 1.50 bits per heavy atom. The van der Waals surface area contributed by atoms with Crippen molar-refractivity contribution in [2.75, 3.05) is 13.2 Å². The molecule has 12 heavy (non-hydrogen) atoms. The van der Waals surface area contributed by atoms with Crippen LogP contribution in [0.1, 0.15) is 27.2 Å². The molecule has 0 bridgehead atoms. The van der Waals surface area contributed by atoms with Gasteiger partial charge in [-0.2, -0.15) is 0 Å². The Morgan fingerprint density at radius 2 is 2.08 bits per heavy atom. The molecule has 3 heteroatoms. The largest absolute Gasteiger partial charge is 0.466 e. The number of hydrogen-bond acceptors (Lipinski definition) is 3. The highest BCUT2D eigenvalue weighted by Gasteiger charge is 2.22. The number of esters is 1. The van der Waals surface area contributed by atoms with Gasteiger partial charge in [-0.15, -0.1) is 0 Å². The molecule has 0 saturated carbocycles. The SMILES string of the molecule is CCOC(=O)[C@@H](CCO)C(C)C. The summed E-state index contributed by atoms with van der Waals surface area (Å²) in [5, 5.41) is 8.69. The highest BCUT2D eigenvalue weighted by atomic mass is 16.5. The Morgan fingerprint density at radius 3 is 2.42 bits per heavy atom. The lowest BCUT2D eigenvalue weighted by Crippen LogP contribution is -2.23. The number of rotatable bonds is 5. The van der Waals surface area contributed by atoms with Crippen LogP contribution < -0.4 is 0 Å². The third-order valence-corrected chi connectivity index (χ3v) is 1.83. The molecule has 0 fully saturated rings. The molecule has 0 amide bonds. The van der Waals surface area contributed by atoms with Crippen LogP contribution in [0.2, 0.25) is 0 Å². The fraction of sp³-hybridized carbons (Fsp3) is 0.889. The van der Waals surface area contributed by atoms with Crippen LogP contribution in [0.15, 0.2) is 0 Å². The first-order chi connectivity index (χ1) is 5.63. The fourth-order valence-electron chi connectivity index (χ4n) is 1.11. The van der Waals surface area contributed by atoms with E-state index < -0.39 is 0 Å². The first-order valence-corrected chi connectivity index (χ1v) is 4.41. The Hall–Kier alpha value is -0.570. The summed E-state index contributed by atoms with van der Waals surface area (Å²) < 4.78 is 4.87. The van der Waals surface area contributed by atoms with E-state index in [0.717, 1.165) is 0 Å². The predicted octanol–water partition coefficient (Wildman–Crippen LogP) is 1.20. The fourth-order valence-corrected chi connectivity index (χ4v) is 1.11. The minimum Gasteiger partial charge on any atom is -0.466 e. The maximum Gasteiger partial charge on any atom is 0.309 e. The van der Waals surface area contributed by atoms with Gasteiger partial charge in [0.05, 0.1) is 12.5 Å². The molecule has 0 unspecified atom stereocenters. The molecule has 3 nitrogen and oxygen atoms in total. The van der Waals surface area contributed by atoms with E-state index in [1.807, 2.05) is 13.8 Å². The number of carbonyl (C=O) groups excluding carboxylic acids is 1. The zero-order valence-corrected chi connectivity index (χ0v) is 8.04. The molecule has 0 spiro atoms. The normalized spacial score (nSPS) is 13.1. The third-order valence-electron chi connectivity index (χ3n) is 1.83. The van der Waals surface area contributed by atoms with Crippen LogP contribution in [0.25, 0.3) is 0 Å². The van der Waals surface area contributed by atoms with Gasteiger partial charge < -0.3 is 9.84 Å². The molecule has 0 aromatic heterocycles. The molecule has 0 saturated heterocycles. The summed E-state index contributed by atoms with van der Waals surface area (Å²) >= 11 is 0. The maximum atomic E-state index is 11.2. The van der Waals surface area contributed by atoms with Crippen LogP contribution >= 0.6 is 0 Å². The summed E-state index contributed by atoms with van der Waals surface area (Å²) in [5.41, 5.74) is 0. The summed E-state index contributed by atoms with van der Waals surface area (Å²) in [6, 6.07) is 0. The Balaban J connectivity index is 4.00. The van der Waals surface area contributed by atoms with Crippen molar-refractivity contribution >= 4 is 5.97 Å². The first kappa shape index (κ1) is 11.4. The van der Waals surface area contributed by atoms with Crippen molar-refractivity contribution in [2.45, 2.75) is 27.2 Å². The molecule has 0 aliphatic carbocycles. The van der Waals surface area contributed by atoms with E-state index in [1.54, 1.807) is 6.92 Å². The van der Waals surface area contributed by atoms with E-state index in [2.05, 4.69) is 0 Å². The quantitative estimate of drug-likeness (QED) is 0.637. The molecule has 0 aliphatic rings. The Kier molecular flexibility index (Phi) is 5.72. The van der Waals surface area contributed by atoms with E-state index in [9.17, 15) is 4.79 Å². The van der Waals surface area contributed by atoms with Gasteiger partial charge in [-0.3, -0.25) is 4.79 Å². The lowest BCUT2D eigenvalue weighted by molar-refractivity contribution is -0.150. The lowest BCUT2D eigenvalue weighted by atomic mass is 9.93. The van der Waals surface area contributed by atoms with Crippen LogP contribution in [0.5, 0.6) is 0 Å². The Bertz CT molecular complexity index is 132. The van der Waals surface area contributed by atoms with E-state index in [-0.39, 0.29) is 24.4 Å². The van der Waals surface area contributed by atoms with Gasteiger partial charge in [0.2, 0.25) is 0 Å². The van der Waals surface area contributed by atoms with Crippen LogP contribution in [-0.2, 0) is 9.53 Å². The van der Waals surface area contributed by atoms with E-state index in [0.29, 0.717) is 13.0 Å². The van der Waals surface area contributed by atoms with Crippen molar-refractivity contribution in [3.05, 3.63) is 0 Å². The van der Waals surface area contributed by atoms with Crippen LogP contribution in [0.3, 0.4) is 0 Å². The number of carbonyl (C=O) groups is 1. The van der Waals surface area contributed by atoms with Crippen molar-refractivity contribution < 1.29 is 14.6 Å². The van der Waals surface area contributed by atoms with Gasteiger partial charge in [0.1, 0.15) is 0 Å². The standard InChI is InChI=1S/C9H18O3/c1-4-12-9(11)8(5-6-10)7(2)3/h7-8,10H,4-6H2,1-3H3/t8-/m0/s1. The van der Waals surface area contributed by atoms with Gasteiger partial charge in [-0.05, 0) is 19.3 Å². The Labute approximate surface area is 73.7 Å². The summed E-state index contributed by atoms with van der Waals surface area (Å²) in [6.07, 6.45) is 0.497. The summed E-state index contributed by atoms with van der Waals surface area (Å²) in [7, 11) is 0. The van der Waals surface area contributed by atoms with Crippen molar-refractivity contribution in [3.8, 4) is 0 Å². The van der Waals surface area contributed by atoms with Crippen molar-refractivity contribution in [3.63, 3.8) is 0 Å². The molecule has 0 rings (SSSR count). The van der Waals surface area contributed by atoms with Gasteiger partial charge in [0.25, 0.3) is 0 Å². The predicted molar refractivity (Wildman–Crippen MR) is 46.7 cm³/mol. The zero-order valence-electron chi connectivity index (χ0n) is 8.04. The smallest absolute Gasteiger partial charge is 0.309 e. The van der Waals surface area contributed by atoms with Crippen LogP contribution in [0, 0.1) is 11.8 Å². The van der Waals surface area contributed by atoms with Gasteiger partial charge >= 0.3 is 5.97 Å². The first-order valence-electron chi connectivity index (χ1n) is 4.41. The number of aliphatic hydroxyl groups is 1. The second kappa shape index (κ2) is 6.00. The van der Waals surface area contributed by atoms with Gasteiger partial charge in [0.15, 0.2) is 0 Å². The third kappa shape index (κ3) is 3.72. The number of ether oxygens (including phenoxy) is 1. The summed E-state index contributed by atoms with van der Waals surface area (Å²) in [5.74, 6) is -0.118. The molecular weight excluding hydrogens is 156 g/mol. The van der Waals surface area contributed by atoms with Gasteiger partial charge in [-0.1, -0.05) is 13.8 Å². The minimum atomic E-state index is -0.193. The second-order valence-corrected chi connectivity index (χ2v) is 3.11. The van der Waals surface area contributed by atoms with E-state index >= 15 is 0 Å². The topological polar surface area (TPSA) is 46.5 Å². The molecule has 0 aromatic rings. The molecule has 0 radical (unpaired) electrons. The van der Waals surface area contributed by atoms with Crippen LogP contribution in [-0.4, -0.2) is 24.3 Å². The van der Waals surface area contributed by atoms with E-state index in [1.165, 1.54) is 0 Å². The van der Waals surface area contributed by atoms with Crippen molar-refractivity contribution in [2.24, 2.45) is 11.8 Å². The molecule has 1 N–H and O–H groups in total. The van der Waals surface area contributed by atoms with Gasteiger partial charge in [0, 0.05) is 6.61 Å². The summed E-state index contributed by atoms with van der Waals surface area (Å²) in [4.78, 5) is 11.2. The lowest BCUT2D eigenvalue weighted by Gasteiger charge is -2.17. The minimum absolute atomic E-state index is 0.0433. The van der Waals surface area contributed by atoms with Crippen molar-refractivity contribution in [1.82, 2.24) is 0 Å². The van der Waals surface area contributed by atoms with E-state index in [4.69, 9.17) is 9.84 Å². The van der Waals surface area contributed by atoms with Crippen molar-refractivity contribution in [1.29, 1.82) is 0 Å². The molecule has 72 valence electrons. The molecule has 0 heterocycles. The van der Waals surface area contributed by atoms with Crippen LogP contribution in [0.4, 0.5) is 0 Å². The zero-order chi connectivity index (χ0) is 9.56. The molecule has 1 atom stereocenters. The average Bonchev–Trinajstić information content (AvgIpc) is 1.99. The molecular formula is C9H18O3. The highest BCUT2D eigenvalue weighted by molar-refractivity contribution is 5.72. The molecule has 0 aliphatic heterocycles. The number of hydrogen-bond donors (Lipinski definition) is 1. The highest BCUT2D eigenvalue weighted by Crippen LogP contribution is 2.16. The monoisotopic (exact) mass is 174 g/mol. The molecule has 0 aromatic carbocycles.